The molecule has 11 heteroatoms. The molecule has 1 fully saturated rings. The number of methoxy groups -OCH3 is 1. The van der Waals surface area contributed by atoms with E-state index in [0.717, 1.165) is 53.4 Å². The molecule has 4 aromatic rings. The van der Waals surface area contributed by atoms with Crippen LogP contribution in [0.5, 0.6) is 5.75 Å². The second-order valence-corrected chi connectivity index (χ2v) is 12.7. The van der Waals surface area contributed by atoms with Crippen LogP contribution >= 0.6 is 12.2 Å². The van der Waals surface area contributed by atoms with Crippen molar-refractivity contribution in [3.8, 4) is 11.4 Å². The first kappa shape index (κ1) is 30.4. The Morgan fingerprint density at radius 1 is 1.02 bits per heavy atom. The van der Waals surface area contributed by atoms with Crippen molar-refractivity contribution in [3.63, 3.8) is 0 Å². The maximum absolute atomic E-state index is 12.2. The van der Waals surface area contributed by atoms with Crippen LogP contribution in [-0.4, -0.2) is 49.5 Å². The molecule has 1 saturated heterocycles. The zero-order valence-electron chi connectivity index (χ0n) is 25.3. The van der Waals surface area contributed by atoms with Crippen molar-refractivity contribution in [1.82, 2.24) is 14.9 Å². The summed E-state index contributed by atoms with van der Waals surface area (Å²) in [6.07, 6.45) is 2.90. The third kappa shape index (κ3) is 6.05. The van der Waals surface area contributed by atoms with Crippen LogP contribution in [0.15, 0.2) is 72.9 Å². The van der Waals surface area contributed by atoms with E-state index < -0.39 is 10.0 Å². The summed E-state index contributed by atoms with van der Waals surface area (Å²) < 4.78 is 34.6. The topological polar surface area (TPSA) is 91.7 Å². The molecular weight excluding hydrogens is 581 g/mol. The van der Waals surface area contributed by atoms with Crippen LogP contribution in [-0.2, 0) is 10.0 Å². The summed E-state index contributed by atoms with van der Waals surface area (Å²) in [6, 6.07) is 21.6. The Kier molecular flexibility index (Phi) is 8.66. The lowest BCUT2D eigenvalue weighted by Crippen LogP contribution is -2.29. The number of hydrogen-bond donors (Lipinski definition) is 2. The first-order valence-electron chi connectivity index (χ1n) is 14.3. The third-order valence-corrected chi connectivity index (χ3v) is 8.79. The van der Waals surface area contributed by atoms with Crippen molar-refractivity contribution in [3.05, 3.63) is 95.6 Å². The first-order valence-corrected chi connectivity index (χ1v) is 16.6. The van der Waals surface area contributed by atoms with Crippen LogP contribution in [0.2, 0.25) is 0 Å². The lowest BCUT2D eigenvalue weighted by molar-refractivity contribution is 0.417. The number of aryl methyl sites for hydroxylation is 1. The highest BCUT2D eigenvalue weighted by molar-refractivity contribution is 7.92. The molecule has 1 aliphatic heterocycles. The second kappa shape index (κ2) is 12.3. The van der Waals surface area contributed by atoms with Crippen LogP contribution in [0.3, 0.4) is 0 Å². The minimum absolute atomic E-state index is 0.249. The van der Waals surface area contributed by atoms with Gasteiger partial charge in [-0.05, 0) is 106 Å². The Labute approximate surface area is 259 Å². The lowest BCUT2D eigenvalue weighted by Gasteiger charge is -2.29. The molecule has 3 heterocycles. The normalized spacial score (nSPS) is 16.7. The van der Waals surface area contributed by atoms with Crippen LogP contribution < -0.4 is 24.6 Å². The zero-order chi connectivity index (χ0) is 30.9. The van der Waals surface area contributed by atoms with E-state index in [1.54, 1.807) is 18.3 Å². The maximum Gasteiger partial charge on any atom is 0.229 e. The molecule has 226 valence electrons. The maximum atomic E-state index is 12.2. The predicted octanol–water partition coefficient (Wildman–Crippen LogP) is 5.89. The van der Waals surface area contributed by atoms with Gasteiger partial charge in [0.2, 0.25) is 10.0 Å². The van der Waals surface area contributed by atoms with Gasteiger partial charge in [0.05, 0.1) is 36.8 Å². The predicted molar refractivity (Wildman–Crippen MR) is 178 cm³/mol. The van der Waals surface area contributed by atoms with Gasteiger partial charge in [0.15, 0.2) is 5.11 Å². The quantitative estimate of drug-likeness (QED) is 0.213. The van der Waals surface area contributed by atoms with Gasteiger partial charge < -0.3 is 24.4 Å². The fourth-order valence-electron chi connectivity index (χ4n) is 5.96. The first-order chi connectivity index (χ1) is 20.6. The van der Waals surface area contributed by atoms with Gasteiger partial charge in [-0.15, -0.1) is 0 Å². The lowest BCUT2D eigenvalue weighted by atomic mass is 9.96. The van der Waals surface area contributed by atoms with E-state index in [2.05, 4.69) is 82.5 Å². The zero-order valence-corrected chi connectivity index (χ0v) is 27.0. The van der Waals surface area contributed by atoms with E-state index in [9.17, 15) is 8.42 Å². The Morgan fingerprint density at radius 2 is 1.72 bits per heavy atom. The molecule has 5 rings (SSSR count). The summed E-state index contributed by atoms with van der Waals surface area (Å²) in [7, 11) is -2.04. The van der Waals surface area contributed by atoms with Crippen molar-refractivity contribution in [2.75, 3.05) is 41.0 Å². The number of nitrogens with zero attached hydrogens (tertiary/aromatic N) is 4. The number of hydrogen-bond acceptors (Lipinski definition) is 6. The molecule has 43 heavy (non-hydrogen) atoms. The Bertz CT molecular complexity index is 1720. The molecule has 0 radical (unpaired) electrons. The highest BCUT2D eigenvalue weighted by Gasteiger charge is 2.42. The highest BCUT2D eigenvalue weighted by atomic mass is 32.2. The molecule has 0 saturated carbocycles. The van der Waals surface area contributed by atoms with Crippen LogP contribution in [0.4, 0.5) is 17.1 Å². The van der Waals surface area contributed by atoms with Crippen LogP contribution in [0.25, 0.3) is 5.69 Å². The molecule has 2 atom stereocenters. The second-order valence-electron chi connectivity index (χ2n) is 10.6. The summed E-state index contributed by atoms with van der Waals surface area (Å²) in [4.78, 5) is 9.04. The Morgan fingerprint density at radius 3 is 2.33 bits per heavy atom. The SMILES string of the molecule is CCN(CC)c1ccc(-n2c(C)cc([C@@H]3[C@H](c4ccccn4)NC(=S)N3c3ccc(OC)c(NS(C)(=O)=O)c3)c2C)cc1. The van der Waals surface area contributed by atoms with Gasteiger partial charge in [0.25, 0.3) is 0 Å². The number of ether oxygens (including phenoxy) is 1. The van der Waals surface area contributed by atoms with Crippen LogP contribution in [0, 0.1) is 13.8 Å². The fraction of sp³-hybridized carbons (Fsp3) is 0.312. The molecule has 2 aromatic heterocycles. The summed E-state index contributed by atoms with van der Waals surface area (Å²) >= 11 is 5.93. The molecule has 1 aliphatic rings. The van der Waals surface area contributed by atoms with Gasteiger partial charge in [-0.2, -0.15) is 0 Å². The minimum atomic E-state index is -3.55. The smallest absolute Gasteiger partial charge is 0.229 e. The molecule has 0 spiro atoms. The standard InChI is InChI=1S/C32H38N6O3S2/c1-7-36(8-2)23-12-14-24(15-13-23)37-21(3)19-26(22(37)4)31-30(27-11-9-10-18-33-27)34-32(42)38(31)25-16-17-29(41-5)28(20-25)35-43(6,39)40/h9-20,30-31,35H,7-8H2,1-6H3,(H,34,42)/t30-,31+/m0/s1. The van der Waals surface area contributed by atoms with Gasteiger partial charge in [-0.25, -0.2) is 8.42 Å². The monoisotopic (exact) mass is 618 g/mol. The van der Waals surface area contributed by atoms with Crippen molar-refractivity contribution >= 4 is 44.4 Å². The van der Waals surface area contributed by atoms with Gasteiger partial charge in [-0.1, -0.05) is 6.07 Å². The average molecular weight is 619 g/mol. The number of sulfonamides is 1. The summed E-state index contributed by atoms with van der Waals surface area (Å²) in [5.41, 5.74) is 7.45. The molecular formula is C32H38N6O3S2. The molecule has 0 unspecified atom stereocenters. The number of nitrogens with one attached hydrogen (secondary N) is 2. The Balaban J connectivity index is 1.64. The van der Waals surface area contributed by atoms with E-state index in [0.29, 0.717) is 16.5 Å². The number of thiocarbonyl (C=S) groups is 1. The average Bonchev–Trinajstić information content (AvgIpc) is 3.48. The van der Waals surface area contributed by atoms with Gasteiger partial charge in [0.1, 0.15) is 5.75 Å². The van der Waals surface area contributed by atoms with Crippen molar-refractivity contribution in [2.45, 2.75) is 39.8 Å². The number of aromatic nitrogens is 2. The van der Waals surface area contributed by atoms with E-state index >= 15 is 0 Å². The fourth-order valence-corrected chi connectivity index (χ4v) is 6.86. The Hall–Kier alpha value is -4.09. The van der Waals surface area contributed by atoms with Crippen LogP contribution in [0.1, 0.15) is 48.6 Å². The van der Waals surface area contributed by atoms with Gasteiger partial charge in [-0.3, -0.25) is 9.71 Å². The van der Waals surface area contributed by atoms with E-state index in [1.807, 2.05) is 29.2 Å². The highest BCUT2D eigenvalue weighted by Crippen LogP contribution is 2.45. The third-order valence-electron chi connectivity index (χ3n) is 7.88. The van der Waals surface area contributed by atoms with E-state index in [4.69, 9.17) is 17.0 Å². The summed E-state index contributed by atoms with van der Waals surface area (Å²) in [5, 5.41) is 4.02. The van der Waals surface area contributed by atoms with E-state index in [1.165, 1.54) is 12.8 Å². The molecule has 0 bridgehead atoms. The van der Waals surface area contributed by atoms with Crippen molar-refractivity contribution in [1.29, 1.82) is 0 Å². The number of pyridine rings is 1. The number of rotatable bonds is 10. The van der Waals surface area contributed by atoms with E-state index in [-0.39, 0.29) is 12.1 Å². The number of anilines is 3. The van der Waals surface area contributed by atoms with Gasteiger partial charge >= 0.3 is 0 Å². The summed E-state index contributed by atoms with van der Waals surface area (Å²) in [6.45, 7) is 10.5. The molecule has 2 aromatic carbocycles. The van der Waals surface area contributed by atoms with Crippen molar-refractivity contribution < 1.29 is 13.2 Å². The molecule has 2 N–H and O–H groups in total. The molecule has 9 nitrogen and oxygen atoms in total. The summed E-state index contributed by atoms with van der Waals surface area (Å²) in [5.74, 6) is 0.413. The molecule has 0 amide bonds. The number of benzene rings is 2. The van der Waals surface area contributed by atoms with Gasteiger partial charge in [0, 0.05) is 47.7 Å². The minimum Gasteiger partial charge on any atom is -0.495 e. The molecule has 0 aliphatic carbocycles. The largest absolute Gasteiger partial charge is 0.495 e. The van der Waals surface area contributed by atoms with Crippen molar-refractivity contribution in [2.24, 2.45) is 0 Å².